The Bertz CT molecular complexity index is 803. The lowest BCUT2D eigenvalue weighted by atomic mass is 10.1. The Morgan fingerprint density at radius 3 is 2.80 bits per heavy atom. The second-order valence-electron chi connectivity index (χ2n) is 7.29. The first-order chi connectivity index (χ1) is 14.6. The maximum absolute atomic E-state index is 12.0. The van der Waals surface area contributed by atoms with E-state index >= 15 is 0 Å². The molecule has 0 bridgehead atoms. The molecule has 0 unspecified atom stereocenters. The fourth-order valence-electron chi connectivity index (χ4n) is 3.28. The van der Waals surface area contributed by atoms with Crippen molar-refractivity contribution >= 4 is 11.8 Å². The molecule has 30 heavy (non-hydrogen) atoms. The number of nitrogens with one attached hydrogen (secondary N) is 2. The Morgan fingerprint density at radius 1 is 1.20 bits per heavy atom. The van der Waals surface area contributed by atoms with E-state index in [9.17, 15) is 9.59 Å². The third-order valence-electron chi connectivity index (χ3n) is 5.11. The zero-order valence-corrected chi connectivity index (χ0v) is 17.3. The molecule has 1 aromatic carbocycles. The summed E-state index contributed by atoms with van der Waals surface area (Å²) >= 11 is 0. The Hall–Kier alpha value is -2.84. The van der Waals surface area contributed by atoms with Gasteiger partial charge in [0.15, 0.2) is 0 Å². The minimum absolute atomic E-state index is 0.0985. The first-order valence-corrected chi connectivity index (χ1v) is 10.2. The molecule has 0 aliphatic carbocycles. The Labute approximate surface area is 176 Å². The van der Waals surface area contributed by atoms with Crippen molar-refractivity contribution in [3.63, 3.8) is 0 Å². The van der Waals surface area contributed by atoms with Gasteiger partial charge in [0.2, 0.25) is 5.91 Å². The van der Waals surface area contributed by atoms with E-state index in [-0.39, 0.29) is 18.4 Å². The molecule has 0 spiro atoms. The fraction of sp³-hybridized carbons (Fsp3) is 0.455. The number of amides is 2. The van der Waals surface area contributed by atoms with Crippen molar-refractivity contribution < 1.29 is 23.5 Å². The van der Waals surface area contributed by atoms with E-state index in [2.05, 4.69) is 22.6 Å². The van der Waals surface area contributed by atoms with Crippen molar-refractivity contribution in [1.29, 1.82) is 0 Å². The van der Waals surface area contributed by atoms with Crippen LogP contribution in [0.5, 0.6) is 5.75 Å². The molecule has 1 aliphatic heterocycles. The largest absolute Gasteiger partial charge is 0.492 e. The van der Waals surface area contributed by atoms with E-state index < -0.39 is 0 Å². The number of furan rings is 1. The highest BCUT2D eigenvalue weighted by Gasteiger charge is 2.18. The van der Waals surface area contributed by atoms with Gasteiger partial charge in [0.1, 0.15) is 18.6 Å². The number of nitrogens with zero attached hydrogens (tertiary/aromatic N) is 1. The summed E-state index contributed by atoms with van der Waals surface area (Å²) in [5.74, 6) is 0.159. The van der Waals surface area contributed by atoms with E-state index in [1.807, 2.05) is 24.3 Å². The quantitative estimate of drug-likeness (QED) is 0.615. The number of benzene rings is 1. The number of hydrogen-bond acceptors (Lipinski definition) is 6. The van der Waals surface area contributed by atoms with Crippen LogP contribution in [0.25, 0.3) is 0 Å². The van der Waals surface area contributed by atoms with E-state index in [0.717, 1.165) is 43.9 Å². The first-order valence-electron chi connectivity index (χ1n) is 10.2. The van der Waals surface area contributed by atoms with Gasteiger partial charge in [-0.2, -0.15) is 0 Å². The van der Waals surface area contributed by atoms with E-state index in [4.69, 9.17) is 13.9 Å². The second kappa shape index (κ2) is 11.4. The van der Waals surface area contributed by atoms with Gasteiger partial charge in [-0.05, 0) is 43.7 Å². The van der Waals surface area contributed by atoms with Crippen molar-refractivity contribution in [2.24, 2.45) is 0 Å². The molecule has 2 amide bonds. The third-order valence-corrected chi connectivity index (χ3v) is 5.11. The third kappa shape index (κ3) is 6.89. The highest BCUT2D eigenvalue weighted by atomic mass is 16.5. The molecule has 1 fully saturated rings. The Kier molecular flexibility index (Phi) is 8.29. The molecule has 0 radical (unpaired) electrons. The summed E-state index contributed by atoms with van der Waals surface area (Å²) in [7, 11) is 2.12. The van der Waals surface area contributed by atoms with Crippen LogP contribution >= 0.6 is 0 Å². The number of carbonyl (C=O) groups is 2. The van der Waals surface area contributed by atoms with Gasteiger partial charge in [-0.25, -0.2) is 0 Å². The van der Waals surface area contributed by atoms with Crippen molar-refractivity contribution in [3.05, 3.63) is 54.0 Å². The van der Waals surface area contributed by atoms with Gasteiger partial charge in [-0.3, -0.25) is 14.5 Å². The number of hydrogen-bond donors (Lipinski definition) is 2. The van der Waals surface area contributed by atoms with Crippen molar-refractivity contribution in [3.8, 4) is 5.75 Å². The second-order valence-corrected chi connectivity index (χ2v) is 7.29. The molecule has 2 N–H and O–H groups in total. The smallest absolute Gasteiger partial charge is 0.254 e. The standard InChI is InChI=1S/C22H29N3O5/c1-25(19-6-10-28-11-7-19)8-12-30-20-4-2-3-17(13-20)14-23-21(26)15-24-22(27)18-5-9-29-16-18/h2-5,9,13,16,19H,6-8,10-12,14-15H2,1H3,(H,23,26)(H,24,27). The monoisotopic (exact) mass is 415 g/mol. The van der Waals surface area contributed by atoms with Crippen LogP contribution in [0, 0.1) is 0 Å². The zero-order valence-electron chi connectivity index (χ0n) is 17.3. The lowest BCUT2D eigenvalue weighted by molar-refractivity contribution is -0.120. The van der Waals surface area contributed by atoms with Gasteiger partial charge in [0.05, 0.1) is 18.4 Å². The Morgan fingerprint density at radius 2 is 2.03 bits per heavy atom. The molecule has 2 heterocycles. The average molecular weight is 415 g/mol. The maximum atomic E-state index is 12.0. The van der Waals surface area contributed by atoms with E-state index in [1.54, 1.807) is 6.07 Å². The number of likely N-dealkylation sites (N-methyl/N-ethyl adjacent to an activating group) is 1. The van der Waals surface area contributed by atoms with Gasteiger partial charge in [-0.1, -0.05) is 12.1 Å². The molecule has 8 nitrogen and oxygen atoms in total. The molecule has 162 valence electrons. The predicted octanol–water partition coefficient (Wildman–Crippen LogP) is 1.82. The van der Waals surface area contributed by atoms with Crippen molar-refractivity contribution in [1.82, 2.24) is 15.5 Å². The number of rotatable bonds is 10. The normalized spacial score (nSPS) is 14.5. The van der Waals surface area contributed by atoms with E-state index in [0.29, 0.717) is 24.8 Å². The first kappa shape index (κ1) is 21.9. The summed E-state index contributed by atoms with van der Waals surface area (Å²) in [5.41, 5.74) is 1.31. The zero-order chi connectivity index (χ0) is 21.2. The molecule has 0 atom stereocenters. The van der Waals surface area contributed by atoms with Crippen LogP contribution < -0.4 is 15.4 Å². The summed E-state index contributed by atoms with van der Waals surface area (Å²) < 4.78 is 16.1. The highest BCUT2D eigenvalue weighted by molar-refractivity contribution is 5.96. The topological polar surface area (TPSA) is 93.0 Å². The van der Waals surface area contributed by atoms with Gasteiger partial charge >= 0.3 is 0 Å². The van der Waals surface area contributed by atoms with Crippen LogP contribution in [-0.2, 0) is 16.1 Å². The molecule has 1 aromatic heterocycles. The summed E-state index contributed by atoms with van der Waals surface area (Å²) in [6.07, 6.45) is 4.87. The van der Waals surface area contributed by atoms with Crippen LogP contribution in [0.15, 0.2) is 47.3 Å². The molecular weight excluding hydrogens is 386 g/mol. The predicted molar refractivity (Wildman–Crippen MR) is 111 cm³/mol. The highest BCUT2D eigenvalue weighted by Crippen LogP contribution is 2.15. The minimum atomic E-state index is -0.347. The lowest BCUT2D eigenvalue weighted by Gasteiger charge is -2.31. The van der Waals surface area contributed by atoms with Gasteiger partial charge in [0, 0.05) is 32.3 Å². The van der Waals surface area contributed by atoms with Crippen LogP contribution in [0.3, 0.4) is 0 Å². The minimum Gasteiger partial charge on any atom is -0.492 e. The summed E-state index contributed by atoms with van der Waals surface area (Å²) in [6, 6.07) is 9.74. The van der Waals surface area contributed by atoms with Crippen LogP contribution in [0.4, 0.5) is 0 Å². The summed E-state index contributed by atoms with van der Waals surface area (Å²) in [6.45, 7) is 3.37. The molecule has 1 saturated heterocycles. The Balaban J connectivity index is 1.36. The van der Waals surface area contributed by atoms with Gasteiger partial charge < -0.3 is 24.5 Å². The van der Waals surface area contributed by atoms with Crippen LogP contribution in [0.1, 0.15) is 28.8 Å². The molecule has 8 heteroatoms. The van der Waals surface area contributed by atoms with Crippen molar-refractivity contribution in [2.45, 2.75) is 25.4 Å². The SMILES string of the molecule is CN(CCOc1cccc(CNC(=O)CNC(=O)c2ccoc2)c1)C1CCOCC1. The number of carbonyl (C=O) groups excluding carboxylic acids is 2. The maximum Gasteiger partial charge on any atom is 0.254 e. The molecule has 3 rings (SSSR count). The van der Waals surface area contributed by atoms with Gasteiger partial charge in [0.25, 0.3) is 5.91 Å². The molecule has 1 aliphatic rings. The van der Waals surface area contributed by atoms with E-state index in [1.165, 1.54) is 12.5 Å². The number of ether oxygens (including phenoxy) is 2. The van der Waals surface area contributed by atoms with Crippen LogP contribution in [-0.4, -0.2) is 62.7 Å². The molecular formula is C22H29N3O5. The fourth-order valence-corrected chi connectivity index (χ4v) is 3.28. The lowest BCUT2D eigenvalue weighted by Crippen LogP contribution is -2.38. The van der Waals surface area contributed by atoms with Crippen LogP contribution in [0.2, 0.25) is 0 Å². The molecule has 2 aromatic rings. The van der Waals surface area contributed by atoms with Gasteiger partial charge in [-0.15, -0.1) is 0 Å². The van der Waals surface area contributed by atoms with Crippen molar-refractivity contribution in [2.75, 3.05) is 40.0 Å². The average Bonchev–Trinajstić information content (AvgIpc) is 3.32. The summed E-state index contributed by atoms with van der Waals surface area (Å²) in [4.78, 5) is 26.1. The summed E-state index contributed by atoms with van der Waals surface area (Å²) in [5, 5.41) is 5.34. The molecule has 0 saturated carbocycles.